The van der Waals surface area contributed by atoms with Crippen molar-refractivity contribution in [2.24, 2.45) is 0 Å². The van der Waals surface area contributed by atoms with Gasteiger partial charge < -0.3 is 20.8 Å². The Kier molecular flexibility index (Phi) is 4.76. The van der Waals surface area contributed by atoms with Gasteiger partial charge in [0.25, 0.3) is 5.91 Å². The normalized spacial score (nSPS) is 11.0. The van der Waals surface area contributed by atoms with Gasteiger partial charge in [0.15, 0.2) is 0 Å². The quantitative estimate of drug-likeness (QED) is 0.763. The Balaban J connectivity index is 2.48. The van der Waals surface area contributed by atoms with Gasteiger partial charge >= 0.3 is 0 Å². The molecule has 0 radical (unpaired) electrons. The zero-order valence-electron chi connectivity index (χ0n) is 12.1. The minimum Gasteiger partial charge on any atom is -0.397 e. The number of carbonyl (C=O) groups excluding carboxylic acids is 1. The van der Waals surface area contributed by atoms with Gasteiger partial charge in [-0.2, -0.15) is 0 Å². The molecule has 0 aliphatic rings. The minimum atomic E-state index is -0.270. The Bertz CT molecular complexity index is 663. The molecule has 6 nitrogen and oxygen atoms in total. The third-order valence-corrected chi connectivity index (χ3v) is 4.38. The van der Waals surface area contributed by atoms with Crippen molar-refractivity contribution in [1.82, 2.24) is 9.88 Å². The molecule has 2 aromatic rings. The molecule has 0 aliphatic heterocycles. The van der Waals surface area contributed by atoms with E-state index in [0.29, 0.717) is 10.6 Å². The van der Waals surface area contributed by atoms with Crippen LogP contribution in [0.15, 0.2) is 6.07 Å². The molecule has 2 heterocycles. The Labute approximate surface area is 126 Å². The Hall–Kier alpha value is -1.70. The molecule has 4 N–H and O–H groups in total. The maximum absolute atomic E-state index is 12.5. The fourth-order valence-corrected chi connectivity index (χ4v) is 3.58. The molecule has 0 aromatic carbocycles. The third kappa shape index (κ3) is 2.99. The highest BCUT2D eigenvalue weighted by Gasteiger charge is 2.22. The lowest BCUT2D eigenvalue weighted by atomic mass is 10.2. The maximum Gasteiger partial charge on any atom is 0.266 e. The highest BCUT2D eigenvalue weighted by molar-refractivity contribution is 7.21. The summed E-state index contributed by atoms with van der Waals surface area (Å²) in [6.45, 7) is 3.79. The summed E-state index contributed by atoms with van der Waals surface area (Å²) < 4.78 is 0.925. The highest BCUT2D eigenvalue weighted by atomic mass is 32.1. The molecule has 0 saturated carbocycles. The lowest BCUT2D eigenvalue weighted by Crippen LogP contribution is -2.35. The summed E-state index contributed by atoms with van der Waals surface area (Å²) in [5.41, 5.74) is 8.22. The number of nitrogen functional groups attached to an aromatic ring is 1. The Morgan fingerprint density at radius 3 is 2.52 bits per heavy atom. The summed E-state index contributed by atoms with van der Waals surface area (Å²) in [5.74, 6) is -0.270. The zero-order chi connectivity index (χ0) is 15.6. The van der Waals surface area contributed by atoms with Crippen LogP contribution < -0.4 is 5.73 Å². The van der Waals surface area contributed by atoms with Crippen molar-refractivity contribution in [2.75, 3.05) is 32.0 Å². The number of anilines is 1. The molecular weight excluding hydrogens is 290 g/mol. The number of pyridine rings is 1. The van der Waals surface area contributed by atoms with E-state index in [1.807, 2.05) is 19.9 Å². The molecule has 0 fully saturated rings. The Morgan fingerprint density at radius 1 is 1.33 bits per heavy atom. The first-order chi connectivity index (χ1) is 9.99. The molecule has 114 valence electrons. The van der Waals surface area contributed by atoms with Crippen molar-refractivity contribution in [3.63, 3.8) is 0 Å². The molecule has 21 heavy (non-hydrogen) atoms. The van der Waals surface area contributed by atoms with Crippen LogP contribution in [-0.2, 0) is 0 Å². The van der Waals surface area contributed by atoms with Crippen LogP contribution >= 0.6 is 11.3 Å². The summed E-state index contributed by atoms with van der Waals surface area (Å²) >= 11 is 1.32. The third-order valence-electron chi connectivity index (χ3n) is 3.24. The number of amides is 1. The van der Waals surface area contributed by atoms with Crippen LogP contribution in [0, 0.1) is 13.8 Å². The number of thiophene rings is 1. The first-order valence-corrected chi connectivity index (χ1v) is 7.48. The van der Waals surface area contributed by atoms with Gasteiger partial charge in [0, 0.05) is 34.6 Å². The largest absolute Gasteiger partial charge is 0.397 e. The van der Waals surface area contributed by atoms with E-state index in [9.17, 15) is 4.79 Å². The molecule has 2 rings (SSSR count). The van der Waals surface area contributed by atoms with E-state index in [-0.39, 0.29) is 32.2 Å². The number of hydrogen-bond acceptors (Lipinski definition) is 6. The summed E-state index contributed by atoms with van der Waals surface area (Å²) in [6.07, 6.45) is 0. The fraction of sp³-hybridized carbons (Fsp3) is 0.429. The number of nitrogens with two attached hydrogens (primary N) is 1. The first-order valence-electron chi connectivity index (χ1n) is 6.66. The number of aliphatic hydroxyl groups excluding tert-OH is 2. The smallest absolute Gasteiger partial charge is 0.266 e. The van der Waals surface area contributed by atoms with Crippen LogP contribution in [0.3, 0.4) is 0 Å². The minimum absolute atomic E-state index is 0.157. The molecule has 0 aliphatic carbocycles. The Morgan fingerprint density at radius 2 is 1.95 bits per heavy atom. The van der Waals surface area contributed by atoms with Gasteiger partial charge in [0.2, 0.25) is 0 Å². The average Bonchev–Trinajstić information content (AvgIpc) is 2.74. The van der Waals surface area contributed by atoms with E-state index in [4.69, 9.17) is 15.9 Å². The van der Waals surface area contributed by atoms with E-state index in [1.165, 1.54) is 16.2 Å². The predicted octanol–water partition coefficient (Wildman–Crippen LogP) is 0.922. The molecule has 7 heteroatoms. The highest BCUT2D eigenvalue weighted by Crippen LogP contribution is 2.36. The second kappa shape index (κ2) is 6.38. The van der Waals surface area contributed by atoms with Crippen LogP contribution in [0.25, 0.3) is 10.1 Å². The van der Waals surface area contributed by atoms with Gasteiger partial charge in [-0.1, -0.05) is 0 Å². The number of nitrogens with zero attached hydrogens (tertiary/aromatic N) is 2. The standard InChI is InChI=1S/C14H19N3O3S/c1-8-7-10-11(9(2)16-8)12(15)13(21-10)14(20)17(3-5-18)4-6-19/h7,18-19H,3-6,15H2,1-2H3. The molecule has 2 aromatic heterocycles. The summed E-state index contributed by atoms with van der Waals surface area (Å²) in [7, 11) is 0. The average molecular weight is 309 g/mol. The number of aliphatic hydroxyl groups is 2. The summed E-state index contributed by atoms with van der Waals surface area (Å²) in [4.78, 5) is 18.7. The lowest BCUT2D eigenvalue weighted by Gasteiger charge is -2.20. The second-order valence-corrected chi connectivity index (χ2v) is 5.86. The molecule has 1 amide bonds. The molecule has 0 saturated heterocycles. The number of carbonyl (C=O) groups is 1. The van der Waals surface area contributed by atoms with Gasteiger partial charge in [-0.25, -0.2) is 0 Å². The van der Waals surface area contributed by atoms with Crippen molar-refractivity contribution in [3.05, 3.63) is 22.3 Å². The van der Waals surface area contributed by atoms with E-state index in [2.05, 4.69) is 4.98 Å². The monoisotopic (exact) mass is 309 g/mol. The zero-order valence-corrected chi connectivity index (χ0v) is 12.9. The van der Waals surface area contributed by atoms with Crippen molar-refractivity contribution in [1.29, 1.82) is 0 Å². The van der Waals surface area contributed by atoms with Gasteiger partial charge in [0.1, 0.15) is 4.88 Å². The fourth-order valence-electron chi connectivity index (χ4n) is 2.34. The number of aryl methyl sites for hydroxylation is 2. The molecular formula is C14H19N3O3S. The van der Waals surface area contributed by atoms with Gasteiger partial charge in [-0.15, -0.1) is 11.3 Å². The van der Waals surface area contributed by atoms with E-state index in [0.717, 1.165) is 21.5 Å². The van der Waals surface area contributed by atoms with Gasteiger partial charge in [-0.05, 0) is 19.9 Å². The van der Waals surface area contributed by atoms with Crippen molar-refractivity contribution >= 4 is 33.0 Å². The number of hydrogen-bond donors (Lipinski definition) is 3. The van der Waals surface area contributed by atoms with Crippen LogP contribution in [-0.4, -0.2) is 52.3 Å². The van der Waals surface area contributed by atoms with E-state index < -0.39 is 0 Å². The summed E-state index contributed by atoms with van der Waals surface area (Å²) in [6, 6.07) is 1.91. The molecule has 0 bridgehead atoms. The van der Waals surface area contributed by atoms with Crippen molar-refractivity contribution < 1.29 is 15.0 Å². The number of aromatic nitrogens is 1. The maximum atomic E-state index is 12.5. The van der Waals surface area contributed by atoms with Crippen molar-refractivity contribution in [2.45, 2.75) is 13.8 Å². The first kappa shape index (κ1) is 15.7. The van der Waals surface area contributed by atoms with Crippen molar-refractivity contribution in [3.8, 4) is 0 Å². The van der Waals surface area contributed by atoms with Gasteiger partial charge in [0.05, 0.1) is 18.9 Å². The molecule has 0 atom stereocenters. The second-order valence-electron chi connectivity index (χ2n) is 4.81. The molecule has 0 spiro atoms. The van der Waals surface area contributed by atoms with Crippen LogP contribution in [0.2, 0.25) is 0 Å². The molecule has 0 unspecified atom stereocenters. The number of rotatable bonds is 5. The lowest BCUT2D eigenvalue weighted by molar-refractivity contribution is 0.0690. The summed E-state index contributed by atoms with van der Waals surface area (Å²) in [5, 5.41) is 18.9. The number of fused-ring (bicyclic) bond motifs is 1. The SMILES string of the molecule is Cc1cc2sc(C(=O)N(CCO)CCO)c(N)c2c(C)n1. The van der Waals surface area contributed by atoms with Crippen LogP contribution in [0.1, 0.15) is 21.1 Å². The topological polar surface area (TPSA) is 99.7 Å². The van der Waals surface area contributed by atoms with Crippen LogP contribution in [0.4, 0.5) is 5.69 Å². The van der Waals surface area contributed by atoms with Crippen LogP contribution in [0.5, 0.6) is 0 Å². The predicted molar refractivity (Wildman–Crippen MR) is 83.6 cm³/mol. The van der Waals surface area contributed by atoms with Gasteiger partial charge in [-0.3, -0.25) is 9.78 Å². The van der Waals surface area contributed by atoms with E-state index >= 15 is 0 Å². The van der Waals surface area contributed by atoms with E-state index in [1.54, 1.807) is 0 Å².